The Morgan fingerprint density at radius 3 is 2.10 bits per heavy atom. The molecule has 170 valence electrons. The molecule has 2 atom stereocenters. The second kappa shape index (κ2) is 9.27. The number of urea groups is 1. The van der Waals surface area contributed by atoms with Crippen LogP contribution in [0.15, 0.2) is 0 Å². The van der Waals surface area contributed by atoms with Crippen LogP contribution in [0.2, 0.25) is 0 Å². The average molecular weight is 450 g/mol. The van der Waals surface area contributed by atoms with Crippen molar-refractivity contribution >= 4 is 34.2 Å². The van der Waals surface area contributed by atoms with Gasteiger partial charge < -0.3 is 14.4 Å². The van der Waals surface area contributed by atoms with Gasteiger partial charge in [-0.05, 0) is 19.8 Å². The first kappa shape index (κ1) is 24.0. The van der Waals surface area contributed by atoms with E-state index in [1.165, 1.54) is 32.6 Å². The summed E-state index contributed by atoms with van der Waals surface area (Å²) in [6.45, 7) is 4.30. The minimum atomic E-state index is -4.67. The number of hydrogen-bond acceptors (Lipinski definition) is 10. The van der Waals surface area contributed by atoms with E-state index >= 15 is 0 Å². The van der Waals surface area contributed by atoms with Crippen LogP contribution in [0.25, 0.3) is 0 Å². The third kappa shape index (κ3) is 6.12. The van der Waals surface area contributed by atoms with E-state index in [1.807, 2.05) is 0 Å². The topological polar surface area (TPSA) is 146 Å². The molecule has 13 heteroatoms. The van der Waals surface area contributed by atoms with Gasteiger partial charge in [-0.3, -0.25) is 14.4 Å². The maximum atomic E-state index is 12.5. The lowest BCUT2D eigenvalue weighted by molar-refractivity contribution is -0.152. The van der Waals surface area contributed by atoms with Crippen LogP contribution in [0, 0.1) is 5.41 Å². The third-order valence-corrected chi connectivity index (χ3v) is 5.51. The zero-order chi connectivity index (χ0) is 22.7. The van der Waals surface area contributed by atoms with Gasteiger partial charge in [0.2, 0.25) is 0 Å². The Morgan fingerprint density at radius 2 is 1.60 bits per heavy atom. The molecule has 0 aromatic heterocycles. The van der Waals surface area contributed by atoms with Crippen molar-refractivity contribution in [2.24, 2.45) is 5.41 Å². The number of carbonyl (C=O) groups is 4. The quantitative estimate of drug-likeness (QED) is 0.422. The first-order valence-corrected chi connectivity index (χ1v) is 10.6. The molecule has 2 saturated heterocycles. The lowest BCUT2D eigenvalue weighted by Gasteiger charge is -2.28. The standard InChI is InChI=1S/C17H26N2O10S/c1-11(20)15-6-5-14-7-18(15)16(23)19(14)29-30(24,25)28-10-17(4,8-26-12(2)21)9-27-13(3)22/h14-15H,5-10H2,1-4H3/t14-,15+/m1/s1. The van der Waals surface area contributed by atoms with Crippen molar-refractivity contribution in [3.05, 3.63) is 0 Å². The molecular weight excluding hydrogens is 424 g/mol. The highest BCUT2D eigenvalue weighted by atomic mass is 32.3. The number of piperidine rings is 1. The maximum absolute atomic E-state index is 12.5. The van der Waals surface area contributed by atoms with Gasteiger partial charge in [-0.1, -0.05) is 6.92 Å². The molecule has 0 spiro atoms. The highest BCUT2D eigenvalue weighted by molar-refractivity contribution is 7.81. The summed E-state index contributed by atoms with van der Waals surface area (Å²) in [5.41, 5.74) is -1.18. The molecule has 0 aromatic rings. The van der Waals surface area contributed by atoms with E-state index in [0.717, 1.165) is 0 Å². The smallest absolute Gasteiger partial charge is 0.421 e. The van der Waals surface area contributed by atoms with Crippen LogP contribution in [0.5, 0.6) is 0 Å². The molecule has 2 heterocycles. The first-order chi connectivity index (χ1) is 13.8. The number of rotatable bonds is 10. The second-order valence-corrected chi connectivity index (χ2v) is 8.94. The number of Topliss-reactive ketones (excluding diaryl/α,β-unsaturated/α-hetero) is 1. The fourth-order valence-corrected chi connectivity index (χ4v) is 4.02. The van der Waals surface area contributed by atoms with Crippen molar-refractivity contribution in [2.45, 2.75) is 52.6 Å². The van der Waals surface area contributed by atoms with Gasteiger partial charge in [-0.25, -0.2) is 8.98 Å². The van der Waals surface area contributed by atoms with Crippen LogP contribution in [-0.2, 0) is 42.7 Å². The molecule has 30 heavy (non-hydrogen) atoms. The van der Waals surface area contributed by atoms with Gasteiger partial charge in [0.15, 0.2) is 5.78 Å². The average Bonchev–Trinajstić information content (AvgIpc) is 2.87. The Morgan fingerprint density at radius 1 is 1.03 bits per heavy atom. The molecule has 2 rings (SSSR count). The highest BCUT2D eigenvalue weighted by Crippen LogP contribution is 2.31. The molecule has 2 aliphatic heterocycles. The lowest BCUT2D eigenvalue weighted by atomic mass is 9.94. The molecule has 0 radical (unpaired) electrons. The molecular formula is C17H26N2O10S. The zero-order valence-corrected chi connectivity index (χ0v) is 18.1. The Labute approximate surface area is 174 Å². The van der Waals surface area contributed by atoms with E-state index in [0.29, 0.717) is 17.9 Å². The van der Waals surface area contributed by atoms with Crippen LogP contribution in [0.1, 0.15) is 40.5 Å². The fraction of sp³-hybridized carbons (Fsp3) is 0.765. The van der Waals surface area contributed by atoms with Crippen LogP contribution >= 0.6 is 0 Å². The van der Waals surface area contributed by atoms with E-state index in [-0.39, 0.29) is 25.5 Å². The second-order valence-electron chi connectivity index (χ2n) is 7.73. The Hall–Kier alpha value is -2.25. The molecule has 2 aliphatic rings. The summed E-state index contributed by atoms with van der Waals surface area (Å²) in [6, 6.07) is -1.87. The summed E-state index contributed by atoms with van der Waals surface area (Å²) >= 11 is 0. The summed E-state index contributed by atoms with van der Waals surface area (Å²) < 4.78 is 44.2. The summed E-state index contributed by atoms with van der Waals surface area (Å²) in [6.07, 6.45) is 0.813. The van der Waals surface area contributed by atoms with Gasteiger partial charge in [-0.2, -0.15) is 13.5 Å². The van der Waals surface area contributed by atoms with Crippen LogP contribution in [0.3, 0.4) is 0 Å². The van der Waals surface area contributed by atoms with E-state index in [1.54, 1.807) is 0 Å². The van der Waals surface area contributed by atoms with Crippen molar-refractivity contribution in [3.63, 3.8) is 0 Å². The van der Waals surface area contributed by atoms with Crippen molar-refractivity contribution < 1.29 is 45.5 Å². The maximum Gasteiger partial charge on any atom is 0.421 e. The van der Waals surface area contributed by atoms with Gasteiger partial charge in [0.05, 0.1) is 24.1 Å². The lowest BCUT2D eigenvalue weighted by Crippen LogP contribution is -2.44. The molecule has 0 aliphatic carbocycles. The van der Waals surface area contributed by atoms with Gasteiger partial charge in [0.25, 0.3) is 0 Å². The third-order valence-electron chi connectivity index (χ3n) is 4.76. The molecule has 12 nitrogen and oxygen atoms in total. The normalized spacial score (nSPS) is 21.5. The summed E-state index contributed by atoms with van der Waals surface area (Å²) in [5.74, 6) is -1.39. The van der Waals surface area contributed by atoms with Crippen molar-refractivity contribution in [1.82, 2.24) is 9.96 Å². The molecule has 2 fully saturated rings. The monoisotopic (exact) mass is 450 g/mol. The summed E-state index contributed by atoms with van der Waals surface area (Å²) in [4.78, 5) is 47.6. The summed E-state index contributed by atoms with van der Waals surface area (Å²) in [5, 5.41) is 0.702. The number of amides is 2. The van der Waals surface area contributed by atoms with Gasteiger partial charge >= 0.3 is 28.4 Å². The number of hydrogen-bond donors (Lipinski definition) is 0. The van der Waals surface area contributed by atoms with Crippen LogP contribution < -0.4 is 0 Å². The van der Waals surface area contributed by atoms with E-state index in [4.69, 9.17) is 17.9 Å². The Bertz CT molecular complexity index is 793. The molecule has 2 bridgehead atoms. The number of nitrogens with zero attached hydrogens (tertiary/aromatic N) is 2. The number of esters is 2. The number of hydroxylamine groups is 2. The number of fused-ring (bicyclic) bond motifs is 2. The fourth-order valence-electron chi connectivity index (χ4n) is 3.16. The largest absolute Gasteiger partial charge is 0.465 e. The molecule has 0 unspecified atom stereocenters. The van der Waals surface area contributed by atoms with Gasteiger partial charge in [-0.15, -0.1) is 4.28 Å². The van der Waals surface area contributed by atoms with Crippen molar-refractivity contribution in [1.29, 1.82) is 0 Å². The summed E-state index contributed by atoms with van der Waals surface area (Å²) in [7, 11) is -4.67. The molecule has 0 N–H and O–H groups in total. The predicted molar refractivity (Wildman–Crippen MR) is 98.8 cm³/mol. The van der Waals surface area contributed by atoms with E-state index < -0.39 is 52.5 Å². The van der Waals surface area contributed by atoms with Crippen LogP contribution in [-0.4, -0.2) is 80.6 Å². The molecule has 0 saturated carbocycles. The zero-order valence-electron chi connectivity index (χ0n) is 17.3. The SMILES string of the molecule is CC(=O)OCC(C)(COC(C)=O)COS(=O)(=O)ON1C(=O)N2C[C@H]1CC[C@H]2C(C)=O. The molecule has 0 aromatic carbocycles. The minimum Gasteiger partial charge on any atom is -0.465 e. The minimum absolute atomic E-state index is 0.176. The molecule has 2 amide bonds. The van der Waals surface area contributed by atoms with Crippen LogP contribution in [0.4, 0.5) is 4.79 Å². The van der Waals surface area contributed by atoms with Gasteiger partial charge in [0.1, 0.15) is 13.2 Å². The Kier molecular flexibility index (Phi) is 7.42. The highest BCUT2D eigenvalue weighted by Gasteiger charge is 2.49. The number of ether oxygens (including phenoxy) is 2. The number of carbonyl (C=O) groups excluding carboxylic acids is 4. The van der Waals surface area contributed by atoms with E-state index in [2.05, 4.69) is 0 Å². The van der Waals surface area contributed by atoms with Crippen molar-refractivity contribution in [3.8, 4) is 0 Å². The van der Waals surface area contributed by atoms with Crippen molar-refractivity contribution in [2.75, 3.05) is 26.4 Å². The first-order valence-electron chi connectivity index (χ1n) is 9.29. The van der Waals surface area contributed by atoms with Gasteiger partial charge in [0, 0.05) is 20.4 Å². The Balaban J connectivity index is 2.02. The number of ketones is 1. The predicted octanol–water partition coefficient (Wildman–Crippen LogP) is 0.170. The van der Waals surface area contributed by atoms with E-state index in [9.17, 15) is 27.6 Å².